The molecule has 0 saturated heterocycles. The number of hydrogen-bond acceptors (Lipinski definition) is 3. The Labute approximate surface area is 87.6 Å². The molecule has 0 radical (unpaired) electrons. The van der Waals surface area contributed by atoms with E-state index in [-0.39, 0.29) is 11.8 Å². The van der Waals surface area contributed by atoms with Gasteiger partial charge < -0.3 is 5.32 Å². The lowest BCUT2D eigenvalue weighted by atomic mass is 9.85. The molecule has 0 aromatic carbocycles. The standard InChI is InChI=1S/C10H14N2OS/c1-7-5-11-9(14-7)6-12-10(13)8-3-2-4-8/h5,8H,2-4,6H2,1H3,(H,12,13). The van der Waals surface area contributed by atoms with Crippen LogP contribution in [-0.4, -0.2) is 10.9 Å². The Bertz CT molecular complexity index is 331. The number of amides is 1. The fourth-order valence-electron chi connectivity index (χ4n) is 1.46. The Hall–Kier alpha value is -0.900. The highest BCUT2D eigenvalue weighted by Gasteiger charge is 2.24. The average Bonchev–Trinajstić information content (AvgIpc) is 2.45. The first-order chi connectivity index (χ1) is 6.75. The fourth-order valence-corrected chi connectivity index (χ4v) is 2.19. The molecule has 76 valence electrons. The van der Waals surface area contributed by atoms with Crippen molar-refractivity contribution in [2.75, 3.05) is 0 Å². The molecule has 0 unspecified atom stereocenters. The second-order valence-electron chi connectivity index (χ2n) is 3.71. The van der Waals surface area contributed by atoms with Crippen molar-refractivity contribution in [1.29, 1.82) is 0 Å². The van der Waals surface area contributed by atoms with Gasteiger partial charge >= 0.3 is 0 Å². The number of hydrogen-bond donors (Lipinski definition) is 1. The summed E-state index contributed by atoms with van der Waals surface area (Å²) in [5.74, 6) is 0.472. The van der Waals surface area contributed by atoms with E-state index in [9.17, 15) is 4.79 Å². The van der Waals surface area contributed by atoms with Gasteiger partial charge in [0.25, 0.3) is 0 Å². The predicted molar refractivity (Wildman–Crippen MR) is 56.0 cm³/mol. The molecule has 1 aliphatic carbocycles. The first kappa shape index (κ1) is 9.65. The third kappa shape index (κ3) is 2.12. The summed E-state index contributed by atoms with van der Waals surface area (Å²) in [6, 6.07) is 0. The second-order valence-corrected chi connectivity index (χ2v) is 5.03. The molecule has 0 bridgehead atoms. The van der Waals surface area contributed by atoms with Crippen LogP contribution >= 0.6 is 11.3 Å². The minimum absolute atomic E-state index is 0.198. The zero-order chi connectivity index (χ0) is 9.97. The highest BCUT2D eigenvalue weighted by atomic mass is 32.1. The van der Waals surface area contributed by atoms with Gasteiger partial charge in [-0.05, 0) is 19.8 Å². The van der Waals surface area contributed by atoms with Crippen LogP contribution in [0.2, 0.25) is 0 Å². The number of nitrogens with zero attached hydrogens (tertiary/aromatic N) is 1. The van der Waals surface area contributed by atoms with Crippen molar-refractivity contribution < 1.29 is 4.79 Å². The molecule has 0 aliphatic heterocycles. The van der Waals surface area contributed by atoms with E-state index in [1.165, 1.54) is 11.3 Å². The van der Waals surface area contributed by atoms with Gasteiger partial charge in [-0.15, -0.1) is 11.3 Å². The second kappa shape index (κ2) is 4.09. The molecule has 1 saturated carbocycles. The molecule has 1 aromatic rings. The number of aryl methyl sites for hydroxylation is 1. The molecule has 1 fully saturated rings. The van der Waals surface area contributed by atoms with Crippen LogP contribution in [0.4, 0.5) is 0 Å². The van der Waals surface area contributed by atoms with Crippen LogP contribution in [0.3, 0.4) is 0 Å². The van der Waals surface area contributed by atoms with Crippen LogP contribution in [0, 0.1) is 12.8 Å². The van der Waals surface area contributed by atoms with E-state index in [0.717, 1.165) is 17.8 Å². The minimum Gasteiger partial charge on any atom is -0.349 e. The van der Waals surface area contributed by atoms with Crippen molar-refractivity contribution in [1.82, 2.24) is 10.3 Å². The van der Waals surface area contributed by atoms with Gasteiger partial charge in [0, 0.05) is 17.0 Å². The summed E-state index contributed by atoms with van der Waals surface area (Å²) in [6.45, 7) is 2.61. The van der Waals surface area contributed by atoms with Gasteiger partial charge in [0.05, 0.1) is 6.54 Å². The Morgan fingerprint density at radius 2 is 2.50 bits per heavy atom. The molecule has 14 heavy (non-hydrogen) atoms. The van der Waals surface area contributed by atoms with Gasteiger partial charge in [-0.25, -0.2) is 4.98 Å². The Morgan fingerprint density at radius 1 is 1.71 bits per heavy atom. The average molecular weight is 210 g/mol. The summed E-state index contributed by atoms with van der Waals surface area (Å²) in [7, 11) is 0. The highest BCUT2D eigenvalue weighted by Crippen LogP contribution is 2.26. The molecule has 4 heteroatoms. The first-order valence-corrected chi connectivity index (χ1v) is 5.76. The molecular weight excluding hydrogens is 196 g/mol. The topological polar surface area (TPSA) is 42.0 Å². The maximum absolute atomic E-state index is 11.5. The highest BCUT2D eigenvalue weighted by molar-refractivity contribution is 7.11. The summed E-state index contributed by atoms with van der Waals surface area (Å²) in [5, 5.41) is 3.92. The van der Waals surface area contributed by atoms with E-state index < -0.39 is 0 Å². The zero-order valence-corrected chi connectivity index (χ0v) is 9.06. The molecule has 3 nitrogen and oxygen atoms in total. The van der Waals surface area contributed by atoms with Gasteiger partial charge in [0.2, 0.25) is 5.91 Å². The quantitative estimate of drug-likeness (QED) is 0.827. The van der Waals surface area contributed by atoms with Gasteiger partial charge in [0.1, 0.15) is 5.01 Å². The first-order valence-electron chi connectivity index (χ1n) is 4.95. The van der Waals surface area contributed by atoms with Crippen molar-refractivity contribution in [2.45, 2.75) is 32.7 Å². The molecule has 0 atom stereocenters. The third-order valence-corrected chi connectivity index (χ3v) is 3.47. The smallest absolute Gasteiger partial charge is 0.223 e. The number of nitrogens with one attached hydrogen (secondary N) is 1. The predicted octanol–water partition coefficient (Wildman–Crippen LogP) is 1.87. The number of aromatic nitrogens is 1. The van der Waals surface area contributed by atoms with Gasteiger partial charge in [-0.3, -0.25) is 4.79 Å². The van der Waals surface area contributed by atoms with Crippen LogP contribution in [0.25, 0.3) is 0 Å². The lowest BCUT2D eigenvalue weighted by Crippen LogP contribution is -2.33. The SMILES string of the molecule is Cc1cnc(CNC(=O)C2CCC2)s1. The summed E-state index contributed by atoms with van der Waals surface area (Å²) in [6.07, 6.45) is 5.16. The minimum atomic E-state index is 0.198. The molecule has 1 aromatic heterocycles. The maximum Gasteiger partial charge on any atom is 0.223 e. The summed E-state index contributed by atoms with van der Waals surface area (Å²) >= 11 is 1.64. The van der Waals surface area contributed by atoms with Gasteiger partial charge in [-0.1, -0.05) is 6.42 Å². The van der Waals surface area contributed by atoms with Crippen LogP contribution in [0.5, 0.6) is 0 Å². The molecule has 1 heterocycles. The lowest BCUT2D eigenvalue weighted by Gasteiger charge is -2.23. The zero-order valence-electron chi connectivity index (χ0n) is 8.25. The monoisotopic (exact) mass is 210 g/mol. The Balaban J connectivity index is 1.79. The van der Waals surface area contributed by atoms with Gasteiger partial charge in [-0.2, -0.15) is 0 Å². The van der Waals surface area contributed by atoms with E-state index in [0.29, 0.717) is 6.54 Å². The number of rotatable bonds is 3. The van der Waals surface area contributed by atoms with Crippen LogP contribution in [0.15, 0.2) is 6.20 Å². The van der Waals surface area contributed by atoms with E-state index in [4.69, 9.17) is 0 Å². The number of thiazole rings is 1. The van der Waals surface area contributed by atoms with Crippen molar-refractivity contribution >= 4 is 17.2 Å². The van der Waals surface area contributed by atoms with E-state index in [2.05, 4.69) is 10.3 Å². The Morgan fingerprint density at radius 3 is 3.00 bits per heavy atom. The van der Waals surface area contributed by atoms with Gasteiger partial charge in [0.15, 0.2) is 0 Å². The van der Waals surface area contributed by atoms with Crippen LogP contribution < -0.4 is 5.32 Å². The molecule has 0 spiro atoms. The van der Waals surface area contributed by atoms with E-state index >= 15 is 0 Å². The molecule has 1 aliphatic rings. The third-order valence-electron chi connectivity index (χ3n) is 2.56. The summed E-state index contributed by atoms with van der Waals surface area (Å²) < 4.78 is 0. The van der Waals surface area contributed by atoms with Crippen molar-refractivity contribution in [2.24, 2.45) is 5.92 Å². The summed E-state index contributed by atoms with van der Waals surface area (Å²) in [5.41, 5.74) is 0. The number of carbonyl (C=O) groups is 1. The molecule has 1 amide bonds. The van der Waals surface area contributed by atoms with Crippen LogP contribution in [0.1, 0.15) is 29.1 Å². The summed E-state index contributed by atoms with van der Waals surface area (Å²) in [4.78, 5) is 16.9. The maximum atomic E-state index is 11.5. The Kier molecular flexibility index (Phi) is 2.82. The lowest BCUT2D eigenvalue weighted by molar-refractivity contribution is -0.127. The normalized spacial score (nSPS) is 16.4. The molecule has 1 N–H and O–H groups in total. The number of carbonyl (C=O) groups excluding carboxylic acids is 1. The van der Waals surface area contributed by atoms with Crippen molar-refractivity contribution in [3.63, 3.8) is 0 Å². The molecular formula is C10H14N2OS. The fraction of sp³-hybridized carbons (Fsp3) is 0.600. The largest absolute Gasteiger partial charge is 0.349 e. The van der Waals surface area contributed by atoms with E-state index in [1.54, 1.807) is 11.3 Å². The van der Waals surface area contributed by atoms with Crippen LogP contribution in [-0.2, 0) is 11.3 Å². The van der Waals surface area contributed by atoms with E-state index in [1.807, 2.05) is 13.1 Å². The van der Waals surface area contributed by atoms with Crippen molar-refractivity contribution in [3.05, 3.63) is 16.1 Å². The van der Waals surface area contributed by atoms with Crippen molar-refractivity contribution in [3.8, 4) is 0 Å². The molecule has 2 rings (SSSR count).